The topological polar surface area (TPSA) is 35.2 Å². The summed E-state index contributed by atoms with van der Waals surface area (Å²) in [4.78, 5) is 0. The Morgan fingerprint density at radius 1 is 1.29 bits per heavy atom. The average molecular weight is 235 g/mol. The first kappa shape index (κ1) is 14.0. The van der Waals surface area contributed by atoms with Crippen molar-refractivity contribution >= 4 is 0 Å². The van der Waals surface area contributed by atoms with Crippen LogP contribution in [0.5, 0.6) is 5.75 Å². The van der Waals surface area contributed by atoms with E-state index in [-0.39, 0.29) is 0 Å². The van der Waals surface area contributed by atoms with Gasteiger partial charge in [-0.2, -0.15) is 0 Å². The van der Waals surface area contributed by atoms with Crippen LogP contribution in [0.2, 0.25) is 0 Å². The Kier molecular flexibility index (Phi) is 5.49. The van der Waals surface area contributed by atoms with Crippen LogP contribution >= 0.6 is 0 Å². The summed E-state index contributed by atoms with van der Waals surface area (Å²) in [5, 5.41) is 0. The van der Waals surface area contributed by atoms with Gasteiger partial charge in [0.25, 0.3) is 0 Å². The van der Waals surface area contributed by atoms with Gasteiger partial charge in [-0.1, -0.05) is 26.0 Å². The predicted molar refractivity (Wildman–Crippen MR) is 73.6 cm³/mol. The van der Waals surface area contributed by atoms with E-state index in [2.05, 4.69) is 39.0 Å². The number of aryl methyl sites for hydroxylation is 1. The first-order valence-corrected chi connectivity index (χ1v) is 6.43. The molecule has 2 N–H and O–H groups in total. The molecule has 0 heterocycles. The standard InChI is InChI=1S/C15H25NO/c1-11(2)9-14(7-8-16)13-5-6-15(17-4)12(3)10-13/h5-6,10-11,14H,7-9,16H2,1-4H3. The van der Waals surface area contributed by atoms with Crippen molar-refractivity contribution in [3.63, 3.8) is 0 Å². The minimum Gasteiger partial charge on any atom is -0.496 e. The van der Waals surface area contributed by atoms with Gasteiger partial charge in [-0.3, -0.25) is 0 Å². The largest absolute Gasteiger partial charge is 0.496 e. The van der Waals surface area contributed by atoms with Gasteiger partial charge in [0.15, 0.2) is 0 Å². The van der Waals surface area contributed by atoms with Crippen LogP contribution in [0, 0.1) is 12.8 Å². The molecule has 1 rings (SSSR count). The summed E-state index contributed by atoms with van der Waals surface area (Å²) in [5.41, 5.74) is 8.31. The second-order valence-electron chi connectivity index (χ2n) is 5.13. The van der Waals surface area contributed by atoms with Gasteiger partial charge in [0.1, 0.15) is 5.75 Å². The van der Waals surface area contributed by atoms with Crippen molar-refractivity contribution in [1.82, 2.24) is 0 Å². The molecule has 2 nitrogen and oxygen atoms in total. The Morgan fingerprint density at radius 3 is 2.47 bits per heavy atom. The molecule has 0 fully saturated rings. The van der Waals surface area contributed by atoms with Gasteiger partial charge in [-0.15, -0.1) is 0 Å². The average Bonchev–Trinajstić information content (AvgIpc) is 2.28. The van der Waals surface area contributed by atoms with Crippen molar-refractivity contribution in [2.45, 2.75) is 39.5 Å². The number of nitrogens with two attached hydrogens (primary N) is 1. The number of methoxy groups -OCH3 is 1. The lowest BCUT2D eigenvalue weighted by Gasteiger charge is -2.20. The lowest BCUT2D eigenvalue weighted by atomic mass is 9.87. The quantitative estimate of drug-likeness (QED) is 0.819. The predicted octanol–water partition coefficient (Wildman–Crippen LogP) is 3.48. The molecule has 2 heteroatoms. The van der Waals surface area contributed by atoms with Gasteiger partial charge in [0.05, 0.1) is 7.11 Å². The van der Waals surface area contributed by atoms with Crippen LogP contribution < -0.4 is 10.5 Å². The van der Waals surface area contributed by atoms with E-state index in [9.17, 15) is 0 Å². The van der Waals surface area contributed by atoms with E-state index in [1.165, 1.54) is 17.5 Å². The molecule has 0 bridgehead atoms. The third-order valence-electron chi connectivity index (χ3n) is 3.16. The summed E-state index contributed by atoms with van der Waals surface area (Å²) >= 11 is 0. The van der Waals surface area contributed by atoms with Crippen LogP contribution in [0.1, 0.15) is 43.7 Å². The molecule has 1 atom stereocenters. The van der Waals surface area contributed by atoms with E-state index >= 15 is 0 Å². The Balaban J connectivity index is 2.89. The highest BCUT2D eigenvalue weighted by Crippen LogP contribution is 2.30. The van der Waals surface area contributed by atoms with Crippen molar-refractivity contribution in [1.29, 1.82) is 0 Å². The number of rotatable bonds is 6. The van der Waals surface area contributed by atoms with Crippen molar-refractivity contribution < 1.29 is 4.74 Å². The van der Waals surface area contributed by atoms with Crippen molar-refractivity contribution in [3.8, 4) is 5.75 Å². The van der Waals surface area contributed by atoms with Crippen molar-refractivity contribution in [2.24, 2.45) is 11.7 Å². The second kappa shape index (κ2) is 6.65. The zero-order valence-corrected chi connectivity index (χ0v) is 11.5. The molecule has 0 aromatic heterocycles. The molecule has 0 spiro atoms. The summed E-state index contributed by atoms with van der Waals surface area (Å²) < 4.78 is 5.30. The molecule has 17 heavy (non-hydrogen) atoms. The fraction of sp³-hybridized carbons (Fsp3) is 0.600. The third kappa shape index (κ3) is 4.04. The molecular formula is C15H25NO. The van der Waals surface area contributed by atoms with Crippen LogP contribution in [0.25, 0.3) is 0 Å². The molecule has 0 aliphatic rings. The minimum absolute atomic E-state index is 0.574. The minimum atomic E-state index is 0.574. The molecule has 0 saturated carbocycles. The maximum atomic E-state index is 5.71. The summed E-state index contributed by atoms with van der Waals surface area (Å²) in [6, 6.07) is 6.48. The molecule has 1 aromatic rings. The van der Waals surface area contributed by atoms with Crippen molar-refractivity contribution in [2.75, 3.05) is 13.7 Å². The molecule has 96 valence electrons. The van der Waals surface area contributed by atoms with E-state index in [4.69, 9.17) is 10.5 Å². The van der Waals surface area contributed by atoms with Gasteiger partial charge in [-0.25, -0.2) is 0 Å². The smallest absolute Gasteiger partial charge is 0.121 e. The zero-order valence-electron chi connectivity index (χ0n) is 11.5. The zero-order chi connectivity index (χ0) is 12.8. The Labute approximate surface area is 105 Å². The molecule has 0 aliphatic heterocycles. The molecule has 0 amide bonds. The number of ether oxygens (including phenoxy) is 1. The SMILES string of the molecule is COc1ccc(C(CCN)CC(C)C)cc1C. The van der Waals surface area contributed by atoms with Gasteiger partial charge >= 0.3 is 0 Å². The highest BCUT2D eigenvalue weighted by Gasteiger charge is 2.13. The van der Waals surface area contributed by atoms with E-state index < -0.39 is 0 Å². The number of benzene rings is 1. The maximum absolute atomic E-state index is 5.71. The first-order chi connectivity index (χ1) is 8.08. The summed E-state index contributed by atoms with van der Waals surface area (Å²) in [6.45, 7) is 7.37. The van der Waals surface area contributed by atoms with Gasteiger partial charge in [-0.05, 0) is 55.3 Å². The molecule has 1 aromatic carbocycles. The van der Waals surface area contributed by atoms with Gasteiger partial charge < -0.3 is 10.5 Å². The molecule has 1 unspecified atom stereocenters. The third-order valence-corrected chi connectivity index (χ3v) is 3.16. The van der Waals surface area contributed by atoms with Crippen molar-refractivity contribution in [3.05, 3.63) is 29.3 Å². The second-order valence-corrected chi connectivity index (χ2v) is 5.13. The van der Waals surface area contributed by atoms with E-state index in [0.29, 0.717) is 11.8 Å². The first-order valence-electron chi connectivity index (χ1n) is 6.43. The summed E-state index contributed by atoms with van der Waals surface area (Å²) in [7, 11) is 1.72. The van der Waals surface area contributed by atoms with Crippen LogP contribution in [0.3, 0.4) is 0 Å². The van der Waals surface area contributed by atoms with Crippen LogP contribution in [0.4, 0.5) is 0 Å². The summed E-state index contributed by atoms with van der Waals surface area (Å²) in [6.07, 6.45) is 2.26. The fourth-order valence-electron chi connectivity index (χ4n) is 2.35. The monoisotopic (exact) mass is 235 g/mol. The van der Waals surface area contributed by atoms with Crippen LogP contribution in [-0.4, -0.2) is 13.7 Å². The van der Waals surface area contributed by atoms with Crippen LogP contribution in [-0.2, 0) is 0 Å². The van der Waals surface area contributed by atoms with E-state index in [1.807, 2.05) is 0 Å². The van der Waals surface area contributed by atoms with Gasteiger partial charge in [0, 0.05) is 0 Å². The maximum Gasteiger partial charge on any atom is 0.121 e. The lowest BCUT2D eigenvalue weighted by molar-refractivity contribution is 0.411. The fourth-order valence-corrected chi connectivity index (χ4v) is 2.35. The highest BCUT2D eigenvalue weighted by molar-refractivity contribution is 5.37. The van der Waals surface area contributed by atoms with Gasteiger partial charge in [0.2, 0.25) is 0 Å². The van der Waals surface area contributed by atoms with E-state index in [0.717, 1.165) is 18.7 Å². The molecular weight excluding hydrogens is 210 g/mol. The summed E-state index contributed by atoms with van der Waals surface area (Å²) in [5.74, 6) is 2.24. The van der Waals surface area contributed by atoms with E-state index in [1.54, 1.807) is 7.11 Å². The number of hydrogen-bond acceptors (Lipinski definition) is 2. The Bertz CT molecular complexity index is 347. The normalized spacial score (nSPS) is 12.8. The molecule has 0 saturated heterocycles. The molecule has 0 radical (unpaired) electrons. The Hall–Kier alpha value is -1.02. The lowest BCUT2D eigenvalue weighted by Crippen LogP contribution is -2.10. The number of hydrogen-bond donors (Lipinski definition) is 1. The molecule has 0 aliphatic carbocycles. The highest BCUT2D eigenvalue weighted by atomic mass is 16.5. The van der Waals surface area contributed by atoms with Crippen LogP contribution in [0.15, 0.2) is 18.2 Å². The Morgan fingerprint density at radius 2 is 2.00 bits per heavy atom.